The maximum absolute atomic E-state index is 13.0. The van der Waals surface area contributed by atoms with E-state index in [9.17, 15) is 9.59 Å². The van der Waals surface area contributed by atoms with Crippen LogP contribution in [-0.4, -0.2) is 44.8 Å². The summed E-state index contributed by atoms with van der Waals surface area (Å²) in [6.07, 6.45) is 4.97. The molecule has 0 aromatic carbocycles. The first-order chi connectivity index (χ1) is 11.6. The van der Waals surface area contributed by atoms with Crippen LogP contribution in [0.5, 0.6) is 0 Å². The van der Waals surface area contributed by atoms with Crippen LogP contribution in [-0.2, 0) is 23.2 Å². The Morgan fingerprint density at radius 1 is 1.32 bits per heavy atom. The minimum atomic E-state index is -0.480. The SMILES string of the molecule is CCC(C)N(CC(=O)N(Cc1cccn1C)C1CC1)C(=O)C(C)(C)C. The molecule has 0 aliphatic heterocycles. The van der Waals surface area contributed by atoms with E-state index < -0.39 is 5.41 Å². The van der Waals surface area contributed by atoms with E-state index in [2.05, 4.69) is 17.6 Å². The fourth-order valence-electron chi connectivity index (χ4n) is 2.96. The fraction of sp³-hybridized carbons (Fsp3) is 0.700. The molecule has 2 amide bonds. The molecule has 1 atom stereocenters. The van der Waals surface area contributed by atoms with Gasteiger partial charge in [-0.3, -0.25) is 9.59 Å². The molecule has 25 heavy (non-hydrogen) atoms. The zero-order chi connectivity index (χ0) is 18.8. The number of hydrogen-bond acceptors (Lipinski definition) is 2. The third kappa shape index (κ3) is 4.86. The summed E-state index contributed by atoms with van der Waals surface area (Å²) < 4.78 is 2.05. The quantitative estimate of drug-likeness (QED) is 0.760. The Bertz CT molecular complexity index is 611. The van der Waals surface area contributed by atoms with Crippen molar-refractivity contribution >= 4 is 11.8 Å². The number of carbonyl (C=O) groups is 2. The van der Waals surface area contributed by atoms with Gasteiger partial charge in [-0.2, -0.15) is 0 Å². The van der Waals surface area contributed by atoms with Crippen LogP contribution < -0.4 is 0 Å². The molecule has 1 heterocycles. The van der Waals surface area contributed by atoms with Gasteiger partial charge in [-0.1, -0.05) is 27.7 Å². The molecule has 0 saturated heterocycles. The lowest BCUT2D eigenvalue weighted by Crippen LogP contribution is -2.50. The van der Waals surface area contributed by atoms with Gasteiger partial charge in [0.25, 0.3) is 0 Å². The van der Waals surface area contributed by atoms with Gasteiger partial charge in [0.15, 0.2) is 0 Å². The summed E-state index contributed by atoms with van der Waals surface area (Å²) in [7, 11) is 2.00. The maximum Gasteiger partial charge on any atom is 0.242 e. The molecule has 1 saturated carbocycles. The van der Waals surface area contributed by atoms with Crippen LogP contribution in [0.1, 0.15) is 59.6 Å². The number of nitrogens with zero attached hydrogens (tertiary/aromatic N) is 3. The normalized spacial score (nSPS) is 15.8. The van der Waals surface area contributed by atoms with E-state index in [0.29, 0.717) is 12.6 Å². The first kappa shape index (κ1) is 19.5. The molecule has 0 N–H and O–H groups in total. The van der Waals surface area contributed by atoms with E-state index in [0.717, 1.165) is 25.0 Å². The third-order valence-electron chi connectivity index (χ3n) is 5.02. The highest BCUT2D eigenvalue weighted by Gasteiger charge is 2.36. The molecule has 0 spiro atoms. The average molecular weight is 348 g/mol. The Morgan fingerprint density at radius 3 is 2.40 bits per heavy atom. The standard InChI is InChI=1S/C20H33N3O2/c1-7-15(2)22(19(25)20(3,4)5)14-18(24)23(16-10-11-16)13-17-9-8-12-21(17)6/h8-9,12,15-16H,7,10-11,13-14H2,1-6H3. The fourth-order valence-corrected chi connectivity index (χ4v) is 2.96. The van der Waals surface area contributed by atoms with Crippen LogP contribution in [0.4, 0.5) is 0 Å². The molecular formula is C20H33N3O2. The highest BCUT2D eigenvalue weighted by molar-refractivity contribution is 5.87. The van der Waals surface area contributed by atoms with Crippen LogP contribution in [0.25, 0.3) is 0 Å². The topological polar surface area (TPSA) is 45.6 Å². The van der Waals surface area contributed by atoms with E-state index in [1.165, 1.54) is 0 Å². The van der Waals surface area contributed by atoms with Crippen molar-refractivity contribution in [1.82, 2.24) is 14.4 Å². The molecule has 5 nitrogen and oxygen atoms in total. The van der Waals surface area contributed by atoms with Crippen molar-refractivity contribution in [3.8, 4) is 0 Å². The summed E-state index contributed by atoms with van der Waals surface area (Å²) in [6.45, 7) is 10.6. The summed E-state index contributed by atoms with van der Waals surface area (Å²) in [5, 5.41) is 0. The number of rotatable bonds is 7. The predicted molar refractivity (Wildman–Crippen MR) is 99.9 cm³/mol. The van der Waals surface area contributed by atoms with Crippen LogP contribution in [0.2, 0.25) is 0 Å². The van der Waals surface area contributed by atoms with Gasteiger partial charge in [0.1, 0.15) is 6.54 Å². The van der Waals surface area contributed by atoms with Crippen molar-refractivity contribution in [2.45, 2.75) is 72.5 Å². The number of aryl methyl sites for hydroxylation is 1. The monoisotopic (exact) mass is 347 g/mol. The number of aromatic nitrogens is 1. The highest BCUT2D eigenvalue weighted by Crippen LogP contribution is 2.29. The molecule has 1 aromatic heterocycles. The number of carbonyl (C=O) groups excluding carboxylic acids is 2. The number of hydrogen-bond donors (Lipinski definition) is 0. The molecule has 5 heteroatoms. The van der Waals surface area contributed by atoms with Crippen molar-refractivity contribution in [1.29, 1.82) is 0 Å². The van der Waals surface area contributed by atoms with Crippen molar-refractivity contribution < 1.29 is 9.59 Å². The Labute approximate surface area is 152 Å². The molecule has 1 aliphatic rings. The third-order valence-corrected chi connectivity index (χ3v) is 5.02. The van der Waals surface area contributed by atoms with E-state index in [4.69, 9.17) is 0 Å². The smallest absolute Gasteiger partial charge is 0.242 e. The zero-order valence-electron chi connectivity index (χ0n) is 16.6. The molecule has 1 aliphatic carbocycles. The molecule has 140 valence electrons. The zero-order valence-corrected chi connectivity index (χ0v) is 16.6. The van der Waals surface area contributed by atoms with Gasteiger partial charge in [0.05, 0.1) is 6.54 Å². The first-order valence-electron chi connectivity index (χ1n) is 9.35. The second-order valence-corrected chi connectivity index (χ2v) is 8.30. The predicted octanol–water partition coefficient (Wildman–Crippen LogP) is 3.19. The first-order valence-corrected chi connectivity index (χ1v) is 9.35. The second-order valence-electron chi connectivity index (χ2n) is 8.30. The second kappa shape index (κ2) is 7.63. The maximum atomic E-state index is 13.0. The molecule has 2 rings (SSSR count). The largest absolute Gasteiger partial charge is 0.353 e. The van der Waals surface area contributed by atoms with E-state index in [1.54, 1.807) is 4.90 Å². The van der Waals surface area contributed by atoms with Gasteiger partial charge in [-0.15, -0.1) is 0 Å². The highest BCUT2D eigenvalue weighted by atomic mass is 16.2. The lowest BCUT2D eigenvalue weighted by molar-refractivity contribution is -0.148. The van der Waals surface area contributed by atoms with E-state index in [-0.39, 0.29) is 24.4 Å². The molecule has 1 unspecified atom stereocenters. The lowest BCUT2D eigenvalue weighted by Gasteiger charge is -2.35. The molecule has 1 aromatic rings. The minimum absolute atomic E-state index is 0.0461. The Morgan fingerprint density at radius 2 is 1.96 bits per heavy atom. The van der Waals surface area contributed by atoms with Crippen molar-refractivity contribution in [2.75, 3.05) is 6.54 Å². The molecule has 1 fully saturated rings. The van der Waals surface area contributed by atoms with Gasteiger partial charge in [0, 0.05) is 36.4 Å². The van der Waals surface area contributed by atoms with Crippen LogP contribution >= 0.6 is 0 Å². The summed E-state index contributed by atoms with van der Waals surface area (Å²) >= 11 is 0. The Kier molecular flexibility index (Phi) is 5.96. The van der Waals surface area contributed by atoms with Gasteiger partial charge >= 0.3 is 0 Å². The van der Waals surface area contributed by atoms with E-state index in [1.807, 2.05) is 51.9 Å². The van der Waals surface area contributed by atoms with E-state index >= 15 is 0 Å². The molecular weight excluding hydrogens is 314 g/mol. The van der Waals surface area contributed by atoms with Gasteiger partial charge < -0.3 is 14.4 Å². The van der Waals surface area contributed by atoms with Gasteiger partial charge in [0.2, 0.25) is 11.8 Å². The molecule has 0 bridgehead atoms. The van der Waals surface area contributed by atoms with Crippen LogP contribution in [0.15, 0.2) is 18.3 Å². The van der Waals surface area contributed by atoms with Gasteiger partial charge in [-0.25, -0.2) is 0 Å². The Balaban J connectivity index is 2.14. The van der Waals surface area contributed by atoms with Crippen LogP contribution in [0.3, 0.4) is 0 Å². The lowest BCUT2D eigenvalue weighted by atomic mass is 9.93. The van der Waals surface area contributed by atoms with Crippen molar-refractivity contribution in [3.63, 3.8) is 0 Å². The Hall–Kier alpha value is -1.78. The van der Waals surface area contributed by atoms with Crippen molar-refractivity contribution in [3.05, 3.63) is 24.0 Å². The van der Waals surface area contributed by atoms with Gasteiger partial charge in [-0.05, 0) is 38.3 Å². The average Bonchev–Trinajstić information content (AvgIpc) is 3.30. The molecule has 0 radical (unpaired) electrons. The summed E-state index contributed by atoms with van der Waals surface area (Å²) in [5.74, 6) is 0.103. The summed E-state index contributed by atoms with van der Waals surface area (Å²) in [6, 6.07) is 4.44. The summed E-state index contributed by atoms with van der Waals surface area (Å²) in [5.41, 5.74) is 0.643. The van der Waals surface area contributed by atoms with Crippen LogP contribution in [0, 0.1) is 5.41 Å². The minimum Gasteiger partial charge on any atom is -0.353 e. The number of amides is 2. The summed E-state index contributed by atoms with van der Waals surface area (Å²) in [4.78, 5) is 29.6. The van der Waals surface area contributed by atoms with Crippen molar-refractivity contribution in [2.24, 2.45) is 12.5 Å².